The maximum absolute atomic E-state index is 14.2. The van der Waals surface area contributed by atoms with Crippen molar-refractivity contribution in [2.75, 3.05) is 11.4 Å². The van der Waals surface area contributed by atoms with Crippen LogP contribution in [0.25, 0.3) is 10.9 Å². The molecule has 0 bridgehead atoms. The van der Waals surface area contributed by atoms with Crippen LogP contribution in [0.1, 0.15) is 25.3 Å². The first-order valence-electron chi connectivity index (χ1n) is 11.3. The molecule has 0 unspecified atom stereocenters. The molecular formula is C27H27FN2O3S. The van der Waals surface area contributed by atoms with Crippen molar-refractivity contribution in [3.8, 4) is 0 Å². The van der Waals surface area contributed by atoms with Gasteiger partial charge >= 0.3 is 0 Å². The lowest BCUT2D eigenvalue weighted by atomic mass is 10.2. The van der Waals surface area contributed by atoms with Crippen LogP contribution in [0.4, 0.5) is 10.1 Å². The lowest BCUT2D eigenvalue weighted by Crippen LogP contribution is -2.34. The second-order valence-electron chi connectivity index (χ2n) is 8.22. The van der Waals surface area contributed by atoms with E-state index >= 15 is 0 Å². The first-order chi connectivity index (χ1) is 16.4. The highest BCUT2D eigenvalue weighted by atomic mass is 32.2. The maximum atomic E-state index is 14.2. The minimum absolute atomic E-state index is 0.00562. The number of hydrogen-bond donors (Lipinski definition) is 0. The number of carbonyl (C=O) groups excluding carboxylic acids is 1. The van der Waals surface area contributed by atoms with Crippen LogP contribution >= 0.6 is 0 Å². The first kappa shape index (κ1) is 23.7. The SMILES string of the molecule is CCCCN(C(=O)Cn1cc(S(=O)(=O)Cc2ccccc2F)c2ccccc21)c1ccccc1. The van der Waals surface area contributed by atoms with Crippen molar-refractivity contribution in [1.82, 2.24) is 4.57 Å². The van der Waals surface area contributed by atoms with Gasteiger partial charge in [-0.25, -0.2) is 12.8 Å². The van der Waals surface area contributed by atoms with Gasteiger partial charge in [0.1, 0.15) is 12.4 Å². The van der Waals surface area contributed by atoms with Crippen LogP contribution in [0.2, 0.25) is 0 Å². The smallest absolute Gasteiger partial charge is 0.246 e. The zero-order valence-electron chi connectivity index (χ0n) is 19.0. The Morgan fingerprint density at radius 1 is 0.941 bits per heavy atom. The van der Waals surface area contributed by atoms with Crippen molar-refractivity contribution in [3.05, 3.63) is 96.4 Å². The number of aromatic nitrogens is 1. The normalized spacial score (nSPS) is 11.6. The van der Waals surface area contributed by atoms with Crippen molar-refractivity contribution in [2.24, 2.45) is 0 Å². The number of rotatable bonds is 9. The van der Waals surface area contributed by atoms with E-state index in [0.29, 0.717) is 17.4 Å². The molecule has 7 heteroatoms. The molecule has 0 N–H and O–H groups in total. The average Bonchev–Trinajstić information content (AvgIpc) is 3.21. The fourth-order valence-electron chi connectivity index (χ4n) is 4.04. The van der Waals surface area contributed by atoms with Gasteiger partial charge in [0.15, 0.2) is 9.84 Å². The Labute approximate surface area is 199 Å². The Kier molecular flexibility index (Phi) is 7.12. The Bertz CT molecular complexity index is 1400. The van der Waals surface area contributed by atoms with Gasteiger partial charge in [-0.15, -0.1) is 0 Å². The summed E-state index contributed by atoms with van der Waals surface area (Å²) >= 11 is 0. The molecule has 5 nitrogen and oxygen atoms in total. The molecule has 1 amide bonds. The van der Waals surface area contributed by atoms with E-state index in [0.717, 1.165) is 18.5 Å². The van der Waals surface area contributed by atoms with E-state index in [-0.39, 0.29) is 22.9 Å². The number of anilines is 1. The van der Waals surface area contributed by atoms with E-state index < -0.39 is 21.4 Å². The number of para-hydroxylation sites is 2. The number of benzene rings is 3. The second-order valence-corrected chi connectivity index (χ2v) is 10.2. The number of amides is 1. The molecule has 34 heavy (non-hydrogen) atoms. The summed E-state index contributed by atoms with van der Waals surface area (Å²) in [6.07, 6.45) is 3.30. The predicted octanol–water partition coefficient (Wildman–Crippen LogP) is 5.59. The lowest BCUT2D eigenvalue weighted by molar-refractivity contribution is -0.119. The third kappa shape index (κ3) is 5.04. The van der Waals surface area contributed by atoms with Gasteiger partial charge in [-0.05, 0) is 30.7 Å². The maximum Gasteiger partial charge on any atom is 0.246 e. The molecule has 0 spiro atoms. The van der Waals surface area contributed by atoms with Crippen LogP contribution in [-0.2, 0) is 26.9 Å². The highest BCUT2D eigenvalue weighted by Crippen LogP contribution is 2.29. The van der Waals surface area contributed by atoms with Gasteiger partial charge in [0.05, 0.1) is 10.6 Å². The number of nitrogens with zero attached hydrogens (tertiary/aromatic N) is 2. The first-order valence-corrected chi connectivity index (χ1v) is 13.0. The molecule has 4 rings (SSSR count). The van der Waals surface area contributed by atoms with E-state index in [2.05, 4.69) is 6.92 Å². The quantitative estimate of drug-likeness (QED) is 0.315. The molecule has 0 aliphatic carbocycles. The van der Waals surface area contributed by atoms with E-state index in [9.17, 15) is 17.6 Å². The third-order valence-electron chi connectivity index (χ3n) is 5.80. The number of fused-ring (bicyclic) bond motifs is 1. The monoisotopic (exact) mass is 478 g/mol. The van der Waals surface area contributed by atoms with Gasteiger partial charge in [0.2, 0.25) is 5.91 Å². The van der Waals surface area contributed by atoms with Crippen LogP contribution in [0.5, 0.6) is 0 Å². The van der Waals surface area contributed by atoms with Gasteiger partial charge in [0, 0.05) is 34.9 Å². The largest absolute Gasteiger partial charge is 0.337 e. The van der Waals surface area contributed by atoms with Crippen molar-refractivity contribution in [1.29, 1.82) is 0 Å². The van der Waals surface area contributed by atoms with Crippen molar-refractivity contribution < 1.29 is 17.6 Å². The summed E-state index contributed by atoms with van der Waals surface area (Å²) in [4.78, 5) is 15.2. The van der Waals surface area contributed by atoms with Crippen molar-refractivity contribution >= 4 is 32.3 Å². The second kappa shape index (κ2) is 10.2. The summed E-state index contributed by atoms with van der Waals surface area (Å²) < 4.78 is 42.4. The van der Waals surface area contributed by atoms with Crippen LogP contribution in [0.3, 0.4) is 0 Å². The van der Waals surface area contributed by atoms with Gasteiger partial charge < -0.3 is 9.47 Å². The molecular weight excluding hydrogens is 451 g/mol. The van der Waals surface area contributed by atoms with Crippen LogP contribution in [0, 0.1) is 5.82 Å². The minimum Gasteiger partial charge on any atom is -0.337 e. The summed E-state index contributed by atoms with van der Waals surface area (Å²) in [5.74, 6) is -1.13. The molecule has 0 aliphatic heterocycles. The fourth-order valence-corrected chi connectivity index (χ4v) is 5.64. The van der Waals surface area contributed by atoms with Crippen LogP contribution in [0.15, 0.2) is 90.0 Å². The standard InChI is InChI=1S/C27H27FN2O3S/c1-2-3-17-30(22-12-5-4-6-13-22)27(31)19-29-18-26(23-14-8-10-16-25(23)29)34(32,33)20-21-11-7-9-15-24(21)28/h4-16,18H,2-3,17,19-20H2,1H3. The molecule has 1 aromatic heterocycles. The number of hydrogen-bond acceptors (Lipinski definition) is 3. The lowest BCUT2D eigenvalue weighted by Gasteiger charge is -2.23. The van der Waals surface area contributed by atoms with Crippen molar-refractivity contribution in [2.45, 2.75) is 37.0 Å². The number of carbonyl (C=O) groups is 1. The van der Waals surface area contributed by atoms with E-state index in [1.54, 1.807) is 33.7 Å². The van der Waals surface area contributed by atoms with Gasteiger partial charge in [-0.2, -0.15) is 0 Å². The Balaban J connectivity index is 1.69. The minimum atomic E-state index is -3.85. The molecule has 0 aliphatic rings. The van der Waals surface area contributed by atoms with Gasteiger partial charge in [0.25, 0.3) is 0 Å². The summed E-state index contributed by atoms with van der Waals surface area (Å²) in [5.41, 5.74) is 1.57. The Morgan fingerprint density at radius 2 is 1.62 bits per heavy atom. The molecule has 0 fully saturated rings. The average molecular weight is 479 g/mol. The zero-order chi connectivity index (χ0) is 24.1. The molecule has 176 valence electrons. The zero-order valence-corrected chi connectivity index (χ0v) is 19.8. The van der Waals surface area contributed by atoms with Gasteiger partial charge in [-0.3, -0.25) is 4.79 Å². The molecule has 4 aromatic rings. The third-order valence-corrected chi connectivity index (χ3v) is 7.49. The predicted molar refractivity (Wildman–Crippen MR) is 133 cm³/mol. The van der Waals surface area contributed by atoms with E-state index in [4.69, 9.17) is 0 Å². The molecule has 3 aromatic carbocycles. The topological polar surface area (TPSA) is 59.4 Å². The summed E-state index contributed by atoms with van der Waals surface area (Å²) in [6, 6.07) is 22.4. The van der Waals surface area contributed by atoms with E-state index in [1.807, 2.05) is 36.4 Å². The Morgan fingerprint density at radius 3 is 2.35 bits per heavy atom. The summed E-state index contributed by atoms with van der Waals surface area (Å²) in [5, 5.41) is 0.520. The highest BCUT2D eigenvalue weighted by molar-refractivity contribution is 7.90. The molecule has 0 saturated heterocycles. The highest BCUT2D eigenvalue weighted by Gasteiger charge is 2.24. The number of halogens is 1. The van der Waals surface area contributed by atoms with Crippen LogP contribution in [-0.4, -0.2) is 25.4 Å². The molecule has 0 atom stereocenters. The molecule has 0 saturated carbocycles. The van der Waals surface area contributed by atoms with Crippen LogP contribution < -0.4 is 4.90 Å². The Hall–Kier alpha value is -3.45. The fraction of sp³-hybridized carbons (Fsp3) is 0.222. The molecule has 0 radical (unpaired) electrons. The van der Waals surface area contributed by atoms with Crippen molar-refractivity contribution in [3.63, 3.8) is 0 Å². The van der Waals surface area contributed by atoms with E-state index in [1.165, 1.54) is 24.4 Å². The summed E-state index contributed by atoms with van der Waals surface area (Å²) in [6.45, 7) is 2.64. The number of unbranched alkanes of at least 4 members (excludes halogenated alkanes) is 1. The summed E-state index contributed by atoms with van der Waals surface area (Å²) in [7, 11) is -3.85. The number of sulfone groups is 1. The van der Waals surface area contributed by atoms with Gasteiger partial charge in [-0.1, -0.05) is 67.9 Å². The molecule has 1 heterocycles.